The molecule has 3 aromatic rings. The van der Waals surface area contributed by atoms with Crippen molar-refractivity contribution < 1.29 is 4.79 Å². The van der Waals surface area contributed by atoms with E-state index in [1.807, 2.05) is 42.5 Å². The van der Waals surface area contributed by atoms with E-state index in [9.17, 15) is 4.79 Å². The minimum atomic E-state index is -0.0556. The number of benzene rings is 2. The molecule has 104 valence electrons. The van der Waals surface area contributed by atoms with Gasteiger partial charge in [0.1, 0.15) is 5.69 Å². The second kappa shape index (κ2) is 5.73. The average molecular weight is 277 g/mol. The van der Waals surface area contributed by atoms with Gasteiger partial charge in [0.15, 0.2) is 0 Å². The van der Waals surface area contributed by atoms with Crippen molar-refractivity contribution in [2.75, 3.05) is 0 Å². The van der Waals surface area contributed by atoms with Crippen LogP contribution in [0.25, 0.3) is 5.69 Å². The Hall–Kier alpha value is -2.72. The molecule has 0 saturated carbocycles. The fourth-order valence-electron chi connectivity index (χ4n) is 2.19. The number of rotatable bonds is 4. The van der Waals surface area contributed by atoms with E-state index in [2.05, 4.69) is 5.10 Å². The smallest absolute Gasteiger partial charge is 0.211 e. The minimum absolute atomic E-state index is 0.0556. The predicted octanol–water partition coefficient (Wildman–Crippen LogP) is 2.56. The molecule has 4 heteroatoms. The maximum Gasteiger partial charge on any atom is 0.211 e. The standard InChI is InChI=1S/C17H15N3O/c18-12-13-6-8-14(9-7-13)17(21)16-10-11-19-20(16)15-4-2-1-3-5-15/h1-11H,12,18H2. The van der Waals surface area contributed by atoms with Crippen molar-refractivity contribution in [3.05, 3.63) is 83.7 Å². The highest BCUT2D eigenvalue weighted by atomic mass is 16.1. The fourth-order valence-corrected chi connectivity index (χ4v) is 2.19. The minimum Gasteiger partial charge on any atom is -0.326 e. The number of hydrogen-bond acceptors (Lipinski definition) is 3. The highest BCUT2D eigenvalue weighted by molar-refractivity contribution is 6.08. The first-order valence-electron chi connectivity index (χ1n) is 6.73. The molecule has 2 N–H and O–H groups in total. The van der Waals surface area contributed by atoms with Gasteiger partial charge in [-0.25, -0.2) is 4.68 Å². The van der Waals surface area contributed by atoms with Crippen LogP contribution in [0.15, 0.2) is 66.9 Å². The summed E-state index contributed by atoms with van der Waals surface area (Å²) in [6.45, 7) is 0.469. The maximum atomic E-state index is 12.6. The van der Waals surface area contributed by atoms with Gasteiger partial charge in [-0.1, -0.05) is 42.5 Å². The van der Waals surface area contributed by atoms with Crippen molar-refractivity contribution in [1.29, 1.82) is 0 Å². The number of nitrogens with two attached hydrogens (primary N) is 1. The van der Waals surface area contributed by atoms with E-state index in [-0.39, 0.29) is 5.78 Å². The third-order valence-corrected chi connectivity index (χ3v) is 3.33. The Labute approximate surface area is 122 Å². The topological polar surface area (TPSA) is 60.9 Å². The van der Waals surface area contributed by atoms with Gasteiger partial charge in [0, 0.05) is 12.1 Å². The Morgan fingerprint density at radius 2 is 1.71 bits per heavy atom. The Morgan fingerprint density at radius 1 is 1.00 bits per heavy atom. The lowest BCUT2D eigenvalue weighted by Crippen LogP contribution is -2.10. The van der Waals surface area contributed by atoms with Crippen molar-refractivity contribution in [1.82, 2.24) is 9.78 Å². The number of aromatic nitrogens is 2. The van der Waals surface area contributed by atoms with Gasteiger partial charge in [0.2, 0.25) is 5.78 Å². The van der Waals surface area contributed by atoms with E-state index in [1.54, 1.807) is 29.1 Å². The van der Waals surface area contributed by atoms with Gasteiger partial charge < -0.3 is 5.73 Å². The molecule has 4 nitrogen and oxygen atoms in total. The first-order chi connectivity index (χ1) is 10.3. The molecule has 1 heterocycles. The second-order valence-corrected chi connectivity index (χ2v) is 4.69. The zero-order valence-corrected chi connectivity index (χ0v) is 11.4. The normalized spacial score (nSPS) is 10.5. The van der Waals surface area contributed by atoms with Crippen molar-refractivity contribution >= 4 is 5.78 Å². The Kier molecular flexibility index (Phi) is 3.62. The van der Waals surface area contributed by atoms with E-state index in [4.69, 9.17) is 5.73 Å². The summed E-state index contributed by atoms with van der Waals surface area (Å²) < 4.78 is 1.65. The molecular weight excluding hydrogens is 262 g/mol. The van der Waals surface area contributed by atoms with Crippen LogP contribution in [-0.4, -0.2) is 15.6 Å². The van der Waals surface area contributed by atoms with Crippen LogP contribution in [0.1, 0.15) is 21.6 Å². The van der Waals surface area contributed by atoms with Gasteiger partial charge >= 0.3 is 0 Å². The Morgan fingerprint density at radius 3 is 2.38 bits per heavy atom. The van der Waals surface area contributed by atoms with Crippen molar-refractivity contribution in [2.45, 2.75) is 6.54 Å². The van der Waals surface area contributed by atoms with Crippen molar-refractivity contribution in [3.63, 3.8) is 0 Å². The number of carbonyl (C=O) groups excluding carboxylic acids is 1. The molecule has 0 aliphatic rings. The number of para-hydroxylation sites is 1. The van der Waals surface area contributed by atoms with Crippen LogP contribution in [0.2, 0.25) is 0 Å². The molecular formula is C17H15N3O. The second-order valence-electron chi connectivity index (χ2n) is 4.69. The van der Waals surface area contributed by atoms with Gasteiger partial charge in [0.05, 0.1) is 11.9 Å². The lowest BCUT2D eigenvalue weighted by molar-refractivity contribution is 0.103. The molecule has 0 atom stereocenters. The summed E-state index contributed by atoms with van der Waals surface area (Å²) in [5.74, 6) is -0.0556. The lowest BCUT2D eigenvalue weighted by Gasteiger charge is -2.07. The van der Waals surface area contributed by atoms with Gasteiger partial charge in [-0.3, -0.25) is 4.79 Å². The summed E-state index contributed by atoms with van der Waals surface area (Å²) in [4.78, 5) is 12.6. The molecule has 0 aliphatic carbocycles. The first kappa shape index (κ1) is 13.3. The van der Waals surface area contributed by atoms with Crippen LogP contribution in [0.5, 0.6) is 0 Å². The van der Waals surface area contributed by atoms with Gasteiger partial charge in [0.25, 0.3) is 0 Å². The molecule has 0 aliphatic heterocycles. The maximum absolute atomic E-state index is 12.6. The predicted molar refractivity (Wildman–Crippen MR) is 81.3 cm³/mol. The summed E-state index contributed by atoms with van der Waals surface area (Å²) >= 11 is 0. The van der Waals surface area contributed by atoms with E-state index >= 15 is 0 Å². The van der Waals surface area contributed by atoms with Crippen molar-refractivity contribution in [3.8, 4) is 5.69 Å². The monoisotopic (exact) mass is 277 g/mol. The molecule has 0 unspecified atom stereocenters. The molecule has 21 heavy (non-hydrogen) atoms. The lowest BCUT2D eigenvalue weighted by atomic mass is 10.1. The number of carbonyl (C=O) groups is 1. The summed E-state index contributed by atoms with van der Waals surface area (Å²) in [5, 5.41) is 4.24. The van der Waals surface area contributed by atoms with Gasteiger partial charge in [-0.15, -0.1) is 0 Å². The molecule has 0 radical (unpaired) electrons. The molecule has 2 aromatic carbocycles. The summed E-state index contributed by atoms with van der Waals surface area (Å²) in [5.41, 5.74) is 8.61. The zero-order valence-electron chi connectivity index (χ0n) is 11.4. The zero-order chi connectivity index (χ0) is 14.7. The molecule has 0 bridgehead atoms. The van der Waals surface area contributed by atoms with E-state index in [1.165, 1.54) is 0 Å². The molecule has 0 spiro atoms. The highest BCUT2D eigenvalue weighted by Crippen LogP contribution is 2.15. The highest BCUT2D eigenvalue weighted by Gasteiger charge is 2.15. The number of nitrogens with zero attached hydrogens (tertiary/aromatic N) is 2. The van der Waals surface area contributed by atoms with Gasteiger partial charge in [-0.05, 0) is 23.8 Å². The summed E-state index contributed by atoms with van der Waals surface area (Å²) in [6, 6.07) is 18.7. The van der Waals surface area contributed by atoms with Crippen LogP contribution in [-0.2, 0) is 6.54 Å². The largest absolute Gasteiger partial charge is 0.326 e. The van der Waals surface area contributed by atoms with Crippen LogP contribution in [0.3, 0.4) is 0 Å². The molecule has 0 saturated heterocycles. The third-order valence-electron chi connectivity index (χ3n) is 3.33. The van der Waals surface area contributed by atoms with E-state index in [0.29, 0.717) is 17.8 Å². The van der Waals surface area contributed by atoms with Crippen molar-refractivity contribution in [2.24, 2.45) is 5.73 Å². The SMILES string of the molecule is NCc1ccc(C(=O)c2ccnn2-c2ccccc2)cc1. The number of hydrogen-bond donors (Lipinski definition) is 1. The fraction of sp³-hybridized carbons (Fsp3) is 0.0588. The first-order valence-corrected chi connectivity index (χ1v) is 6.73. The van der Waals surface area contributed by atoms with Crippen LogP contribution >= 0.6 is 0 Å². The summed E-state index contributed by atoms with van der Waals surface area (Å²) in [6.07, 6.45) is 1.63. The van der Waals surface area contributed by atoms with Crippen LogP contribution in [0.4, 0.5) is 0 Å². The number of ketones is 1. The van der Waals surface area contributed by atoms with E-state index in [0.717, 1.165) is 11.3 Å². The molecule has 0 amide bonds. The third kappa shape index (κ3) is 2.61. The van der Waals surface area contributed by atoms with Crippen LogP contribution < -0.4 is 5.73 Å². The van der Waals surface area contributed by atoms with Crippen LogP contribution in [0, 0.1) is 0 Å². The van der Waals surface area contributed by atoms with Gasteiger partial charge in [-0.2, -0.15) is 5.10 Å². The Bertz CT molecular complexity index is 745. The summed E-state index contributed by atoms with van der Waals surface area (Å²) in [7, 11) is 0. The Balaban J connectivity index is 1.97. The molecule has 0 fully saturated rings. The average Bonchev–Trinajstić information content (AvgIpc) is 3.04. The quantitative estimate of drug-likeness (QED) is 0.745. The van der Waals surface area contributed by atoms with E-state index < -0.39 is 0 Å². The molecule has 3 rings (SSSR count). The molecule has 1 aromatic heterocycles.